The normalized spacial score (nSPS) is 11.1. The van der Waals surface area contributed by atoms with Gasteiger partial charge in [-0.3, -0.25) is 4.79 Å². The first-order valence-electron chi connectivity index (χ1n) is 10.3. The maximum atomic E-state index is 13.4. The number of rotatable bonds is 5. The lowest BCUT2D eigenvalue weighted by atomic mass is 10.2. The lowest BCUT2D eigenvalue weighted by Gasteiger charge is -2.09. The van der Waals surface area contributed by atoms with Crippen molar-refractivity contribution in [3.63, 3.8) is 0 Å². The van der Waals surface area contributed by atoms with Crippen molar-refractivity contribution in [2.24, 2.45) is 0 Å². The number of halogens is 2. The first-order valence-corrected chi connectivity index (χ1v) is 10.3. The van der Waals surface area contributed by atoms with Crippen LogP contribution in [0, 0.1) is 18.6 Å². The van der Waals surface area contributed by atoms with Crippen LogP contribution in [0.5, 0.6) is 11.6 Å². The van der Waals surface area contributed by atoms with Gasteiger partial charge in [0.1, 0.15) is 12.3 Å². The topological polar surface area (TPSA) is 90.5 Å². The molecule has 0 spiro atoms. The molecule has 0 unspecified atom stereocenters. The van der Waals surface area contributed by atoms with Crippen molar-refractivity contribution in [1.82, 2.24) is 19.2 Å². The van der Waals surface area contributed by atoms with Crippen LogP contribution in [0.1, 0.15) is 5.56 Å². The van der Waals surface area contributed by atoms with Gasteiger partial charge in [-0.05, 0) is 42.8 Å². The number of nitrogens with one attached hydrogen (secondary N) is 1. The summed E-state index contributed by atoms with van der Waals surface area (Å²) in [5.74, 6) is -2.13. The molecule has 0 aliphatic carbocycles. The fourth-order valence-corrected chi connectivity index (χ4v) is 3.53. The summed E-state index contributed by atoms with van der Waals surface area (Å²) in [6, 6.07) is 17.3. The third-order valence-corrected chi connectivity index (χ3v) is 5.17. The van der Waals surface area contributed by atoms with E-state index in [2.05, 4.69) is 15.4 Å². The summed E-state index contributed by atoms with van der Waals surface area (Å²) in [6.07, 6.45) is 0. The highest BCUT2D eigenvalue weighted by molar-refractivity contribution is 5.90. The van der Waals surface area contributed by atoms with Crippen molar-refractivity contribution < 1.29 is 18.3 Å². The molecule has 2 aromatic heterocycles. The van der Waals surface area contributed by atoms with Crippen LogP contribution in [0.25, 0.3) is 16.7 Å². The summed E-state index contributed by atoms with van der Waals surface area (Å²) in [6.45, 7) is 1.42. The van der Waals surface area contributed by atoms with Crippen LogP contribution in [0.4, 0.5) is 14.5 Å². The largest absolute Gasteiger partial charge is 0.436 e. The zero-order valence-corrected chi connectivity index (χ0v) is 17.8. The van der Waals surface area contributed by atoms with Crippen molar-refractivity contribution in [2.45, 2.75) is 13.5 Å². The number of ether oxygens (including phenoxy) is 1. The summed E-state index contributed by atoms with van der Waals surface area (Å²) in [7, 11) is 0. The summed E-state index contributed by atoms with van der Waals surface area (Å²) in [5.41, 5.74) is 1.47. The van der Waals surface area contributed by atoms with Gasteiger partial charge in [0.05, 0.1) is 11.0 Å². The summed E-state index contributed by atoms with van der Waals surface area (Å²) in [5, 5.41) is 6.71. The van der Waals surface area contributed by atoms with Gasteiger partial charge in [0, 0.05) is 11.8 Å². The third kappa shape index (κ3) is 3.85. The lowest BCUT2D eigenvalue weighted by Crippen LogP contribution is -2.28. The van der Waals surface area contributed by atoms with Gasteiger partial charge in [-0.1, -0.05) is 30.3 Å². The number of fused-ring (bicyclic) bond motifs is 3. The molecule has 0 saturated heterocycles. The second-order valence-corrected chi connectivity index (χ2v) is 7.55. The Kier molecular flexibility index (Phi) is 5.25. The average Bonchev–Trinajstić information content (AvgIpc) is 3.14. The van der Waals surface area contributed by atoms with E-state index in [4.69, 9.17) is 4.74 Å². The van der Waals surface area contributed by atoms with Crippen molar-refractivity contribution in [1.29, 1.82) is 0 Å². The molecule has 1 N–H and O–H groups in total. The van der Waals surface area contributed by atoms with Gasteiger partial charge < -0.3 is 10.1 Å². The maximum Gasteiger partial charge on any atom is 0.351 e. The van der Waals surface area contributed by atoms with Crippen LogP contribution >= 0.6 is 0 Å². The van der Waals surface area contributed by atoms with Crippen LogP contribution in [-0.4, -0.2) is 25.1 Å². The van der Waals surface area contributed by atoms with Crippen LogP contribution in [-0.2, 0) is 11.3 Å². The van der Waals surface area contributed by atoms with E-state index in [9.17, 15) is 18.4 Å². The molecular weight excluding hydrogens is 444 g/mol. The Hall–Kier alpha value is -4.60. The fourth-order valence-electron chi connectivity index (χ4n) is 3.53. The number of aryl methyl sites for hydroxylation is 1. The molecule has 2 heterocycles. The first-order chi connectivity index (χ1) is 16.4. The Labute approximate surface area is 191 Å². The number of hydrogen-bond acceptors (Lipinski definition) is 5. The van der Waals surface area contributed by atoms with E-state index < -0.39 is 29.8 Å². The smallest absolute Gasteiger partial charge is 0.351 e. The zero-order chi connectivity index (χ0) is 23.8. The second kappa shape index (κ2) is 8.39. The van der Waals surface area contributed by atoms with Crippen molar-refractivity contribution in [3.05, 3.63) is 94.4 Å². The van der Waals surface area contributed by atoms with Gasteiger partial charge in [0.2, 0.25) is 11.6 Å². The lowest BCUT2D eigenvalue weighted by molar-refractivity contribution is -0.117. The molecule has 5 aromatic rings. The maximum absolute atomic E-state index is 13.4. The standard InChI is InChI=1S/C24H17F2N5O3/c1-14-6-2-5-9-20(14)34-23-22-29-30(13-21(32)27-15-10-11-16(25)17(26)12-15)24(33)31(22)19-8-4-3-7-18(19)28-23/h2-12H,13H2,1H3,(H,27,32). The molecule has 3 aromatic carbocycles. The Balaban J connectivity index is 1.56. The van der Waals surface area contributed by atoms with E-state index >= 15 is 0 Å². The molecule has 0 atom stereocenters. The Morgan fingerprint density at radius 1 is 1.03 bits per heavy atom. The molecule has 170 valence electrons. The molecular formula is C24H17F2N5O3. The highest BCUT2D eigenvalue weighted by atomic mass is 19.2. The minimum atomic E-state index is -1.10. The van der Waals surface area contributed by atoms with E-state index in [1.807, 2.05) is 25.1 Å². The number of aromatic nitrogens is 4. The number of anilines is 1. The average molecular weight is 461 g/mol. The molecule has 1 amide bonds. The van der Waals surface area contributed by atoms with Gasteiger partial charge in [-0.15, -0.1) is 5.10 Å². The van der Waals surface area contributed by atoms with Gasteiger partial charge >= 0.3 is 5.69 Å². The number of para-hydroxylation sites is 3. The van der Waals surface area contributed by atoms with Crippen LogP contribution < -0.4 is 15.7 Å². The highest BCUT2D eigenvalue weighted by Gasteiger charge is 2.19. The van der Waals surface area contributed by atoms with Crippen molar-refractivity contribution >= 4 is 28.3 Å². The predicted molar refractivity (Wildman–Crippen MR) is 121 cm³/mol. The number of carbonyl (C=O) groups is 1. The minimum absolute atomic E-state index is 0.0522. The van der Waals surface area contributed by atoms with E-state index in [1.54, 1.807) is 30.3 Å². The highest BCUT2D eigenvalue weighted by Crippen LogP contribution is 2.28. The van der Waals surface area contributed by atoms with Crippen molar-refractivity contribution in [2.75, 3.05) is 5.32 Å². The van der Waals surface area contributed by atoms with E-state index in [0.29, 0.717) is 16.8 Å². The third-order valence-electron chi connectivity index (χ3n) is 5.17. The van der Waals surface area contributed by atoms with E-state index in [1.165, 1.54) is 10.5 Å². The number of nitrogens with zero attached hydrogens (tertiary/aromatic N) is 4. The molecule has 34 heavy (non-hydrogen) atoms. The predicted octanol–water partition coefficient (Wildman–Crippen LogP) is 4.06. The minimum Gasteiger partial charge on any atom is -0.436 e. The summed E-state index contributed by atoms with van der Waals surface area (Å²) in [4.78, 5) is 30.2. The molecule has 5 rings (SSSR count). The second-order valence-electron chi connectivity index (χ2n) is 7.55. The first kappa shape index (κ1) is 21.3. The monoisotopic (exact) mass is 461 g/mol. The molecule has 10 heteroatoms. The van der Waals surface area contributed by atoms with Crippen LogP contribution in [0.3, 0.4) is 0 Å². The molecule has 8 nitrogen and oxygen atoms in total. The molecule has 0 bridgehead atoms. The van der Waals surface area contributed by atoms with Crippen LogP contribution in [0.15, 0.2) is 71.5 Å². The molecule has 0 aliphatic rings. The fraction of sp³-hybridized carbons (Fsp3) is 0.0833. The Bertz CT molecular complexity index is 1630. The quantitative estimate of drug-likeness (QED) is 0.426. The van der Waals surface area contributed by atoms with E-state index in [-0.39, 0.29) is 17.2 Å². The van der Waals surface area contributed by atoms with Gasteiger partial charge in [0.25, 0.3) is 5.88 Å². The number of benzene rings is 3. The number of amides is 1. The molecule has 0 aliphatic heterocycles. The van der Waals surface area contributed by atoms with Crippen LogP contribution in [0.2, 0.25) is 0 Å². The number of hydrogen-bond donors (Lipinski definition) is 1. The molecule has 0 radical (unpaired) electrons. The molecule has 0 saturated carbocycles. The van der Waals surface area contributed by atoms with Gasteiger partial charge in [-0.2, -0.15) is 0 Å². The van der Waals surface area contributed by atoms with Gasteiger partial charge in [0.15, 0.2) is 11.6 Å². The Morgan fingerprint density at radius 2 is 1.79 bits per heavy atom. The SMILES string of the molecule is Cc1ccccc1Oc1nc2ccccc2n2c(=O)n(CC(=O)Nc3ccc(F)c(F)c3)nc12. The zero-order valence-electron chi connectivity index (χ0n) is 17.8. The summed E-state index contributed by atoms with van der Waals surface area (Å²) < 4.78 is 34.9. The van der Waals surface area contributed by atoms with E-state index in [0.717, 1.165) is 22.4 Å². The molecule has 0 fully saturated rings. The summed E-state index contributed by atoms with van der Waals surface area (Å²) >= 11 is 0. The van der Waals surface area contributed by atoms with Gasteiger partial charge in [-0.25, -0.2) is 27.6 Å². The number of carbonyl (C=O) groups excluding carboxylic acids is 1. The van der Waals surface area contributed by atoms with Crippen molar-refractivity contribution in [3.8, 4) is 11.6 Å². The Morgan fingerprint density at radius 3 is 2.59 bits per heavy atom.